The fourth-order valence-corrected chi connectivity index (χ4v) is 2.94. The van der Waals surface area contributed by atoms with Gasteiger partial charge in [-0.25, -0.2) is 14.5 Å². The maximum absolute atomic E-state index is 12.2. The molecule has 0 spiro atoms. The lowest BCUT2D eigenvalue weighted by molar-refractivity contribution is -0.0504. The zero-order valence-electron chi connectivity index (χ0n) is 13.3. The van der Waals surface area contributed by atoms with Crippen molar-refractivity contribution in [3.63, 3.8) is 0 Å². The highest BCUT2D eigenvalue weighted by Gasteiger charge is 2.45. The lowest BCUT2D eigenvalue weighted by Crippen LogP contribution is -2.33. The molecule has 0 bridgehead atoms. The molecule has 25 heavy (non-hydrogen) atoms. The van der Waals surface area contributed by atoms with Gasteiger partial charge >= 0.3 is 7.82 Å². The summed E-state index contributed by atoms with van der Waals surface area (Å²) >= 11 is 0. The Labute approximate surface area is 140 Å². The van der Waals surface area contributed by atoms with E-state index in [-0.39, 0.29) is 16.7 Å². The summed E-state index contributed by atoms with van der Waals surface area (Å²) in [4.78, 5) is 37.9. The Morgan fingerprint density at radius 1 is 1.36 bits per heavy atom. The molecule has 3 heterocycles. The molecular weight excluding hydrogens is 359 g/mol. The molecule has 12 nitrogen and oxygen atoms in total. The lowest BCUT2D eigenvalue weighted by atomic mass is 10.1. The standard InChI is InChI=1S/C12H17N4O8P/c1-5-14-10-7(11(19)15(5)2)13-4-16(10)12-9(18)8(17)6(24-12)3-23-25(20,21)22/h4,6,8-9,12,17-18H,3H2,1-2H3,(H2,20,21,22)/t6?,8-,9-,12-/m1/s1. The molecule has 13 heteroatoms. The number of aryl methyl sites for hydroxylation is 1. The lowest BCUT2D eigenvalue weighted by Gasteiger charge is -2.17. The molecule has 1 fully saturated rings. The summed E-state index contributed by atoms with van der Waals surface area (Å²) in [7, 11) is -3.21. The van der Waals surface area contributed by atoms with Crippen LogP contribution in [-0.2, 0) is 20.9 Å². The fraction of sp³-hybridized carbons (Fsp3) is 0.583. The fourth-order valence-electron chi connectivity index (χ4n) is 2.60. The first kappa shape index (κ1) is 18.1. The van der Waals surface area contributed by atoms with Gasteiger partial charge in [0.05, 0.1) is 12.9 Å². The number of ether oxygens (including phenoxy) is 1. The summed E-state index contributed by atoms with van der Waals surface area (Å²) in [5.74, 6) is 0.411. The second-order valence-electron chi connectivity index (χ2n) is 5.68. The third kappa shape index (κ3) is 3.25. The van der Waals surface area contributed by atoms with E-state index in [1.807, 2.05) is 0 Å². The molecule has 1 unspecified atom stereocenters. The molecule has 0 radical (unpaired) electrons. The summed E-state index contributed by atoms with van der Waals surface area (Å²) in [5, 5.41) is 20.2. The maximum Gasteiger partial charge on any atom is 0.469 e. The van der Waals surface area contributed by atoms with Crippen molar-refractivity contribution < 1.29 is 33.8 Å². The maximum atomic E-state index is 12.2. The zero-order chi connectivity index (χ0) is 18.5. The van der Waals surface area contributed by atoms with E-state index < -0.39 is 39.0 Å². The van der Waals surface area contributed by atoms with Crippen LogP contribution < -0.4 is 5.56 Å². The number of aliphatic hydroxyl groups is 2. The van der Waals surface area contributed by atoms with Crippen molar-refractivity contribution in [1.82, 2.24) is 19.1 Å². The molecule has 2 aromatic rings. The predicted octanol–water partition coefficient (Wildman–Crippen LogP) is -1.83. The van der Waals surface area contributed by atoms with Crippen molar-refractivity contribution in [2.45, 2.75) is 31.5 Å². The minimum absolute atomic E-state index is 0.0632. The number of fused-ring (bicyclic) bond motifs is 1. The van der Waals surface area contributed by atoms with Gasteiger partial charge in [0, 0.05) is 7.05 Å². The van der Waals surface area contributed by atoms with Crippen LogP contribution in [0.4, 0.5) is 0 Å². The van der Waals surface area contributed by atoms with Crippen molar-refractivity contribution in [2.75, 3.05) is 6.61 Å². The Bertz CT molecular complexity index is 904. The van der Waals surface area contributed by atoms with E-state index in [2.05, 4.69) is 14.5 Å². The monoisotopic (exact) mass is 376 g/mol. The first-order chi connectivity index (χ1) is 11.6. The van der Waals surface area contributed by atoms with Gasteiger partial charge in [-0.15, -0.1) is 0 Å². The molecule has 1 aliphatic heterocycles. The van der Waals surface area contributed by atoms with Crippen LogP contribution in [0.5, 0.6) is 0 Å². The summed E-state index contributed by atoms with van der Waals surface area (Å²) in [6.45, 7) is 0.996. The second kappa shape index (κ2) is 6.25. The highest BCUT2D eigenvalue weighted by molar-refractivity contribution is 7.46. The topological polar surface area (TPSA) is 169 Å². The number of imidazole rings is 1. The van der Waals surface area contributed by atoms with Gasteiger partial charge in [-0.2, -0.15) is 0 Å². The highest BCUT2D eigenvalue weighted by atomic mass is 31.2. The molecule has 1 saturated heterocycles. The smallest absolute Gasteiger partial charge is 0.387 e. The molecule has 1 aliphatic rings. The SMILES string of the molecule is Cc1nc2c(ncn2[C@@H]2OC(COP(=O)(O)O)[C@@H](O)[C@H]2O)c(=O)n1C. The zero-order valence-corrected chi connectivity index (χ0v) is 14.1. The molecule has 3 rings (SSSR count). The van der Waals surface area contributed by atoms with Crippen LogP contribution in [0.2, 0.25) is 0 Å². The van der Waals surface area contributed by atoms with Crippen molar-refractivity contribution in [3.05, 3.63) is 22.5 Å². The molecule has 0 aliphatic carbocycles. The number of phosphoric acid groups is 1. The van der Waals surface area contributed by atoms with E-state index in [4.69, 9.17) is 14.5 Å². The van der Waals surface area contributed by atoms with Crippen molar-refractivity contribution >= 4 is 19.0 Å². The van der Waals surface area contributed by atoms with Crippen LogP contribution in [-0.4, -0.2) is 64.0 Å². The Morgan fingerprint density at radius 2 is 2.04 bits per heavy atom. The van der Waals surface area contributed by atoms with E-state index in [0.29, 0.717) is 5.82 Å². The minimum Gasteiger partial charge on any atom is -0.387 e. The predicted molar refractivity (Wildman–Crippen MR) is 81.4 cm³/mol. The van der Waals surface area contributed by atoms with Crippen LogP contribution in [0.25, 0.3) is 11.2 Å². The van der Waals surface area contributed by atoms with E-state index in [1.54, 1.807) is 14.0 Å². The van der Waals surface area contributed by atoms with Gasteiger partial charge in [-0.05, 0) is 6.92 Å². The Morgan fingerprint density at radius 3 is 2.68 bits per heavy atom. The number of aromatic nitrogens is 4. The Kier molecular flexibility index (Phi) is 4.54. The van der Waals surface area contributed by atoms with Crippen molar-refractivity contribution in [1.29, 1.82) is 0 Å². The van der Waals surface area contributed by atoms with Gasteiger partial charge in [-0.3, -0.25) is 18.5 Å². The number of aliphatic hydroxyl groups excluding tert-OH is 2. The van der Waals surface area contributed by atoms with Crippen molar-refractivity contribution in [3.8, 4) is 0 Å². The largest absolute Gasteiger partial charge is 0.469 e. The second-order valence-corrected chi connectivity index (χ2v) is 6.92. The van der Waals surface area contributed by atoms with Gasteiger partial charge < -0.3 is 24.7 Å². The first-order valence-electron chi connectivity index (χ1n) is 7.22. The third-order valence-corrected chi connectivity index (χ3v) is 4.53. The molecular formula is C12H17N4O8P. The third-order valence-electron chi connectivity index (χ3n) is 4.05. The number of rotatable bonds is 4. The van der Waals surface area contributed by atoms with Gasteiger partial charge in [0.25, 0.3) is 5.56 Å². The average Bonchev–Trinajstić information content (AvgIpc) is 3.05. The molecule has 2 aromatic heterocycles. The molecule has 0 saturated carbocycles. The number of nitrogens with zero attached hydrogens (tertiary/aromatic N) is 4. The first-order valence-corrected chi connectivity index (χ1v) is 8.75. The number of phosphoric ester groups is 1. The summed E-state index contributed by atoms with van der Waals surface area (Å²) in [6, 6.07) is 0. The summed E-state index contributed by atoms with van der Waals surface area (Å²) in [5.41, 5.74) is -0.155. The van der Waals surface area contributed by atoms with Gasteiger partial charge in [0.15, 0.2) is 17.4 Å². The van der Waals surface area contributed by atoms with E-state index in [0.717, 1.165) is 0 Å². The summed E-state index contributed by atoms with van der Waals surface area (Å²) < 4.78 is 23.1. The molecule has 0 amide bonds. The summed E-state index contributed by atoms with van der Waals surface area (Å²) in [6.07, 6.45) is -3.98. The van der Waals surface area contributed by atoms with Crippen molar-refractivity contribution in [2.24, 2.45) is 7.05 Å². The normalized spacial score (nSPS) is 27.3. The van der Waals surface area contributed by atoms with Gasteiger partial charge in [0.2, 0.25) is 0 Å². The van der Waals surface area contributed by atoms with Gasteiger partial charge in [0.1, 0.15) is 24.1 Å². The molecule has 0 aromatic carbocycles. The van der Waals surface area contributed by atoms with Crippen LogP contribution in [0.3, 0.4) is 0 Å². The quantitative estimate of drug-likeness (QED) is 0.445. The van der Waals surface area contributed by atoms with Gasteiger partial charge in [-0.1, -0.05) is 0 Å². The molecule has 4 N–H and O–H groups in total. The minimum atomic E-state index is -4.75. The molecule has 138 valence electrons. The van der Waals surface area contributed by atoms with Crippen LogP contribution in [0, 0.1) is 6.92 Å². The van der Waals surface area contributed by atoms with E-state index in [1.165, 1.54) is 15.5 Å². The van der Waals surface area contributed by atoms with E-state index >= 15 is 0 Å². The van der Waals surface area contributed by atoms with E-state index in [9.17, 15) is 19.6 Å². The number of hydrogen-bond acceptors (Lipinski definition) is 8. The Hall–Kier alpha value is -1.66. The van der Waals surface area contributed by atoms with Crippen LogP contribution >= 0.6 is 7.82 Å². The molecule has 4 atom stereocenters. The Balaban J connectivity index is 1.93. The number of hydrogen-bond donors (Lipinski definition) is 4. The van der Waals surface area contributed by atoms with Crippen LogP contribution in [0.1, 0.15) is 12.1 Å². The average molecular weight is 376 g/mol. The van der Waals surface area contributed by atoms with Crippen LogP contribution in [0.15, 0.2) is 11.1 Å². The highest BCUT2D eigenvalue weighted by Crippen LogP contribution is 2.38.